The Morgan fingerprint density at radius 2 is 2.00 bits per heavy atom. The molecule has 0 saturated heterocycles. The number of hydrogen-bond acceptors (Lipinski definition) is 2. The second kappa shape index (κ2) is 4.62. The first kappa shape index (κ1) is 12.0. The first-order valence-electron chi connectivity index (χ1n) is 8.07. The maximum atomic E-state index is 4.45. The van der Waals surface area contributed by atoms with E-state index < -0.39 is 0 Å². The number of fused-ring (bicyclic) bond motifs is 1. The maximum absolute atomic E-state index is 4.45. The van der Waals surface area contributed by atoms with Gasteiger partial charge in [-0.1, -0.05) is 0 Å². The molecule has 3 heteroatoms. The fourth-order valence-electron chi connectivity index (χ4n) is 3.96. The van der Waals surface area contributed by atoms with Crippen molar-refractivity contribution in [3.8, 4) is 0 Å². The van der Waals surface area contributed by atoms with Crippen molar-refractivity contribution in [2.24, 2.45) is 24.8 Å². The smallest absolute Gasteiger partial charge is 0.0540 e. The van der Waals surface area contributed by atoms with Gasteiger partial charge in [-0.3, -0.25) is 4.68 Å². The molecule has 1 N–H and O–H groups in total. The van der Waals surface area contributed by atoms with Crippen LogP contribution in [0.5, 0.6) is 0 Å². The van der Waals surface area contributed by atoms with Crippen LogP contribution in [0.1, 0.15) is 55.8 Å². The van der Waals surface area contributed by atoms with E-state index in [0.717, 1.165) is 17.8 Å². The van der Waals surface area contributed by atoms with Crippen molar-refractivity contribution in [1.82, 2.24) is 15.1 Å². The molecule has 19 heavy (non-hydrogen) atoms. The summed E-state index contributed by atoms with van der Waals surface area (Å²) in [5.74, 6) is 3.08. The zero-order valence-electron chi connectivity index (χ0n) is 11.9. The van der Waals surface area contributed by atoms with Crippen LogP contribution >= 0.6 is 0 Å². The second-order valence-corrected chi connectivity index (χ2v) is 6.86. The summed E-state index contributed by atoms with van der Waals surface area (Å²) in [7, 11) is 2.08. The van der Waals surface area contributed by atoms with Crippen LogP contribution in [-0.2, 0) is 13.5 Å². The van der Waals surface area contributed by atoms with Crippen LogP contribution in [-0.4, -0.2) is 16.3 Å². The number of aromatic nitrogens is 2. The first-order valence-corrected chi connectivity index (χ1v) is 8.07. The summed E-state index contributed by atoms with van der Waals surface area (Å²) < 4.78 is 2.07. The molecule has 2 fully saturated rings. The fraction of sp³-hybridized carbons (Fsp3) is 0.812. The van der Waals surface area contributed by atoms with Crippen LogP contribution < -0.4 is 5.32 Å². The van der Waals surface area contributed by atoms with E-state index in [4.69, 9.17) is 0 Å². The summed E-state index contributed by atoms with van der Waals surface area (Å²) in [6.45, 7) is 1.24. The molecule has 0 radical (unpaired) electrons. The fourth-order valence-corrected chi connectivity index (χ4v) is 3.96. The van der Waals surface area contributed by atoms with Crippen molar-refractivity contribution in [2.45, 2.75) is 51.0 Å². The Morgan fingerprint density at radius 3 is 2.68 bits per heavy atom. The summed E-state index contributed by atoms with van der Waals surface area (Å²) >= 11 is 0. The van der Waals surface area contributed by atoms with Crippen LogP contribution in [0.3, 0.4) is 0 Å². The normalized spacial score (nSPS) is 26.7. The van der Waals surface area contributed by atoms with Gasteiger partial charge in [-0.05, 0) is 69.2 Å². The van der Waals surface area contributed by atoms with Crippen LogP contribution in [0, 0.1) is 17.8 Å². The lowest BCUT2D eigenvalue weighted by molar-refractivity contribution is 0.341. The van der Waals surface area contributed by atoms with Crippen molar-refractivity contribution >= 4 is 0 Å². The summed E-state index contributed by atoms with van der Waals surface area (Å²) in [6.07, 6.45) is 11.9. The Balaban J connectivity index is 1.42. The molecule has 1 aromatic heterocycles. The van der Waals surface area contributed by atoms with Gasteiger partial charge in [0.1, 0.15) is 0 Å². The van der Waals surface area contributed by atoms with Crippen LogP contribution in [0.15, 0.2) is 6.20 Å². The minimum absolute atomic E-state index is 0.567. The van der Waals surface area contributed by atoms with Gasteiger partial charge in [0.25, 0.3) is 0 Å². The highest BCUT2D eigenvalue weighted by molar-refractivity contribution is 5.24. The lowest BCUT2D eigenvalue weighted by atomic mass is 9.91. The quantitative estimate of drug-likeness (QED) is 0.881. The molecule has 1 heterocycles. The maximum Gasteiger partial charge on any atom is 0.0540 e. The van der Waals surface area contributed by atoms with E-state index in [2.05, 4.69) is 28.3 Å². The standard InChI is InChI=1S/C16H25N3/c1-19-16-4-2-3-15(14(16)10-18-19)17-9-13(11-5-6-11)12-7-8-12/h10-13,15,17H,2-9H2,1H3. The Hall–Kier alpha value is -0.830. The third-order valence-corrected chi connectivity index (χ3v) is 5.43. The Bertz CT molecular complexity index is 445. The van der Waals surface area contributed by atoms with Crippen molar-refractivity contribution in [3.63, 3.8) is 0 Å². The second-order valence-electron chi connectivity index (χ2n) is 6.86. The van der Waals surface area contributed by atoms with Crippen molar-refractivity contribution in [2.75, 3.05) is 6.54 Å². The van der Waals surface area contributed by atoms with Crippen molar-refractivity contribution < 1.29 is 0 Å². The van der Waals surface area contributed by atoms with Gasteiger partial charge in [0.05, 0.1) is 6.20 Å². The molecule has 3 aliphatic rings. The summed E-state index contributed by atoms with van der Waals surface area (Å²) in [4.78, 5) is 0. The van der Waals surface area contributed by atoms with E-state index in [9.17, 15) is 0 Å². The SMILES string of the molecule is Cn1ncc2c1CCCC2NCC(C1CC1)C1CC1. The highest BCUT2D eigenvalue weighted by Gasteiger charge is 2.41. The highest BCUT2D eigenvalue weighted by atomic mass is 15.3. The molecule has 1 aromatic rings. The zero-order valence-corrected chi connectivity index (χ0v) is 11.9. The Kier molecular flexibility index (Phi) is 2.91. The van der Waals surface area contributed by atoms with Gasteiger partial charge >= 0.3 is 0 Å². The molecule has 4 rings (SSSR count). The topological polar surface area (TPSA) is 29.9 Å². The van der Waals surface area contributed by atoms with E-state index in [1.807, 2.05) is 0 Å². The molecule has 1 atom stereocenters. The van der Waals surface area contributed by atoms with Crippen LogP contribution in [0.4, 0.5) is 0 Å². The minimum Gasteiger partial charge on any atom is -0.310 e. The van der Waals surface area contributed by atoms with Crippen molar-refractivity contribution in [3.05, 3.63) is 17.5 Å². The molecule has 0 aromatic carbocycles. The molecule has 0 bridgehead atoms. The lowest BCUT2D eigenvalue weighted by Gasteiger charge is -2.26. The van der Waals surface area contributed by atoms with Gasteiger partial charge in [-0.2, -0.15) is 5.10 Å². The number of hydrogen-bond donors (Lipinski definition) is 1. The molecule has 104 valence electrons. The van der Waals surface area contributed by atoms with Gasteiger partial charge in [-0.25, -0.2) is 0 Å². The summed E-state index contributed by atoms with van der Waals surface area (Å²) in [5, 5.41) is 8.33. The van der Waals surface area contributed by atoms with E-state index in [0.29, 0.717) is 6.04 Å². The van der Waals surface area contributed by atoms with Crippen LogP contribution in [0.25, 0.3) is 0 Å². The third kappa shape index (κ3) is 2.33. The molecule has 2 saturated carbocycles. The molecule has 3 nitrogen and oxygen atoms in total. The first-order chi connectivity index (χ1) is 9.33. The van der Waals surface area contributed by atoms with Crippen LogP contribution in [0.2, 0.25) is 0 Å². The Labute approximate surface area is 115 Å². The molecule has 3 aliphatic carbocycles. The zero-order chi connectivity index (χ0) is 12.8. The third-order valence-electron chi connectivity index (χ3n) is 5.43. The average Bonchev–Trinajstić information content (AvgIpc) is 3.32. The van der Waals surface area contributed by atoms with E-state index in [1.165, 1.54) is 62.7 Å². The molecule has 0 aliphatic heterocycles. The van der Waals surface area contributed by atoms with E-state index in [1.54, 1.807) is 0 Å². The largest absolute Gasteiger partial charge is 0.310 e. The number of nitrogens with zero attached hydrogens (tertiary/aromatic N) is 2. The van der Waals surface area contributed by atoms with E-state index in [-0.39, 0.29) is 0 Å². The highest BCUT2D eigenvalue weighted by Crippen LogP contribution is 2.49. The molecular formula is C16H25N3. The van der Waals surface area contributed by atoms with Gasteiger partial charge in [-0.15, -0.1) is 0 Å². The lowest BCUT2D eigenvalue weighted by Crippen LogP contribution is -2.31. The van der Waals surface area contributed by atoms with Gasteiger partial charge in [0.15, 0.2) is 0 Å². The van der Waals surface area contributed by atoms with E-state index >= 15 is 0 Å². The number of rotatable bonds is 5. The average molecular weight is 259 g/mol. The monoisotopic (exact) mass is 259 g/mol. The summed E-state index contributed by atoms with van der Waals surface area (Å²) in [5.41, 5.74) is 2.93. The summed E-state index contributed by atoms with van der Waals surface area (Å²) in [6, 6.07) is 0.567. The molecule has 0 spiro atoms. The number of aryl methyl sites for hydroxylation is 1. The Morgan fingerprint density at radius 1 is 1.26 bits per heavy atom. The predicted molar refractivity (Wildman–Crippen MR) is 75.8 cm³/mol. The predicted octanol–water partition coefficient (Wildman–Crippen LogP) is 2.82. The van der Waals surface area contributed by atoms with Gasteiger partial charge < -0.3 is 5.32 Å². The van der Waals surface area contributed by atoms with Crippen molar-refractivity contribution in [1.29, 1.82) is 0 Å². The van der Waals surface area contributed by atoms with Gasteiger partial charge in [0.2, 0.25) is 0 Å². The minimum atomic E-state index is 0.567. The molecule has 0 amide bonds. The van der Waals surface area contributed by atoms with Gasteiger partial charge in [0, 0.05) is 24.3 Å². The molecule has 1 unspecified atom stereocenters. The number of nitrogens with one attached hydrogen (secondary N) is 1. The molecular weight excluding hydrogens is 234 g/mol.